The summed E-state index contributed by atoms with van der Waals surface area (Å²) in [7, 11) is 0. The molecule has 0 aromatic heterocycles. The molecule has 4 heteroatoms. The minimum atomic E-state index is 0.605. The summed E-state index contributed by atoms with van der Waals surface area (Å²) in [6.07, 6.45) is 2.28. The largest absolute Gasteiger partial charge is 0.372 e. The normalized spacial score (nSPS) is 17.8. The maximum absolute atomic E-state index is 5.87. The molecule has 88 valence electrons. The van der Waals surface area contributed by atoms with E-state index in [1.807, 2.05) is 12.1 Å². The zero-order valence-corrected chi connectivity index (χ0v) is 9.99. The van der Waals surface area contributed by atoms with Gasteiger partial charge in [0.15, 0.2) is 0 Å². The molecule has 1 aromatic rings. The van der Waals surface area contributed by atoms with E-state index in [1.54, 1.807) is 0 Å². The molecule has 0 spiro atoms. The summed E-state index contributed by atoms with van der Waals surface area (Å²) < 4.78 is 0. The van der Waals surface area contributed by atoms with Crippen molar-refractivity contribution in [2.45, 2.75) is 12.8 Å². The van der Waals surface area contributed by atoms with Gasteiger partial charge in [-0.3, -0.25) is 0 Å². The number of piperidine rings is 1. The number of halogens is 1. The van der Waals surface area contributed by atoms with Crippen LogP contribution in [0.4, 0.5) is 5.69 Å². The van der Waals surface area contributed by atoms with Crippen LogP contribution in [0.3, 0.4) is 0 Å². The fourth-order valence-electron chi connectivity index (χ4n) is 2.15. The molecular weight excluding hydrogens is 224 g/mol. The summed E-state index contributed by atoms with van der Waals surface area (Å²) in [4.78, 5) is 7.08. The predicted octanol–water partition coefficient (Wildman–Crippen LogP) is 2.45. The minimum Gasteiger partial charge on any atom is -0.372 e. The number of rotatable bonds is 3. The Kier molecular flexibility index (Phi) is 4.04. The van der Waals surface area contributed by atoms with E-state index < -0.39 is 0 Å². The van der Waals surface area contributed by atoms with Crippen LogP contribution in [0.25, 0.3) is 0 Å². The van der Waals surface area contributed by atoms with Crippen LogP contribution in [0, 0.1) is 5.92 Å². The lowest BCUT2D eigenvalue weighted by molar-refractivity contribution is 0.0918. The van der Waals surface area contributed by atoms with Crippen LogP contribution in [-0.4, -0.2) is 19.7 Å². The summed E-state index contributed by atoms with van der Waals surface area (Å²) >= 11 is 5.87. The zero-order valence-electron chi connectivity index (χ0n) is 9.23. The van der Waals surface area contributed by atoms with Gasteiger partial charge in [-0.25, -0.2) is 5.90 Å². The van der Waals surface area contributed by atoms with Gasteiger partial charge in [-0.1, -0.05) is 11.6 Å². The smallest absolute Gasteiger partial charge is 0.0708 e. The first kappa shape index (κ1) is 11.7. The molecule has 1 aliphatic heterocycles. The van der Waals surface area contributed by atoms with Gasteiger partial charge in [-0.2, -0.15) is 0 Å². The van der Waals surface area contributed by atoms with Crippen molar-refractivity contribution in [3.05, 3.63) is 29.3 Å². The van der Waals surface area contributed by atoms with Gasteiger partial charge in [0.2, 0.25) is 0 Å². The number of nitrogens with two attached hydrogens (primary N) is 1. The summed E-state index contributed by atoms with van der Waals surface area (Å²) in [6.45, 7) is 2.81. The first-order valence-electron chi connectivity index (χ1n) is 5.62. The molecule has 0 bridgehead atoms. The summed E-state index contributed by atoms with van der Waals surface area (Å²) in [5, 5.41) is 0.787. The Balaban J connectivity index is 1.91. The third kappa shape index (κ3) is 2.88. The van der Waals surface area contributed by atoms with Crippen LogP contribution in [0.5, 0.6) is 0 Å². The predicted molar refractivity (Wildman–Crippen MR) is 66.5 cm³/mol. The first-order valence-corrected chi connectivity index (χ1v) is 5.99. The lowest BCUT2D eigenvalue weighted by Crippen LogP contribution is -2.35. The molecule has 2 N–H and O–H groups in total. The molecule has 1 aliphatic rings. The van der Waals surface area contributed by atoms with Gasteiger partial charge in [-0.05, 0) is 43.0 Å². The maximum Gasteiger partial charge on any atom is 0.0708 e. The van der Waals surface area contributed by atoms with Crippen molar-refractivity contribution in [2.24, 2.45) is 11.8 Å². The van der Waals surface area contributed by atoms with Gasteiger partial charge in [-0.15, -0.1) is 0 Å². The Bertz CT molecular complexity index is 320. The second kappa shape index (κ2) is 5.53. The molecular formula is C12H17ClN2O. The van der Waals surface area contributed by atoms with Crippen LogP contribution in [0.1, 0.15) is 12.8 Å². The van der Waals surface area contributed by atoms with E-state index in [2.05, 4.69) is 17.0 Å². The topological polar surface area (TPSA) is 38.5 Å². The first-order chi connectivity index (χ1) is 7.79. The molecule has 0 atom stereocenters. The number of benzene rings is 1. The number of hydrogen-bond donors (Lipinski definition) is 1. The van der Waals surface area contributed by atoms with E-state index in [4.69, 9.17) is 22.3 Å². The fourth-order valence-corrected chi connectivity index (χ4v) is 2.27. The van der Waals surface area contributed by atoms with E-state index in [9.17, 15) is 0 Å². The third-order valence-electron chi connectivity index (χ3n) is 3.14. The van der Waals surface area contributed by atoms with Gasteiger partial charge in [0.25, 0.3) is 0 Å². The van der Waals surface area contributed by atoms with E-state index in [1.165, 1.54) is 5.69 Å². The van der Waals surface area contributed by atoms with Gasteiger partial charge in [0.05, 0.1) is 6.61 Å². The number of anilines is 1. The Hall–Kier alpha value is -0.770. The van der Waals surface area contributed by atoms with Crippen molar-refractivity contribution in [3.8, 4) is 0 Å². The lowest BCUT2D eigenvalue weighted by Gasteiger charge is -2.33. The number of hydrogen-bond acceptors (Lipinski definition) is 3. The molecule has 0 aliphatic carbocycles. The highest BCUT2D eigenvalue weighted by atomic mass is 35.5. The van der Waals surface area contributed by atoms with Gasteiger partial charge in [0, 0.05) is 23.8 Å². The standard InChI is InChI=1S/C12H17ClN2O/c13-11-1-3-12(4-2-11)15-7-5-10(6-8-15)9-16-14/h1-4,10H,5-9,14H2. The average Bonchev–Trinajstić information content (AvgIpc) is 2.32. The van der Waals surface area contributed by atoms with Crippen molar-refractivity contribution in [1.29, 1.82) is 0 Å². The Morgan fingerprint density at radius 2 is 1.88 bits per heavy atom. The van der Waals surface area contributed by atoms with E-state index >= 15 is 0 Å². The minimum absolute atomic E-state index is 0.605. The highest BCUT2D eigenvalue weighted by Gasteiger charge is 2.19. The van der Waals surface area contributed by atoms with Gasteiger partial charge < -0.3 is 9.74 Å². The molecule has 0 saturated carbocycles. The highest BCUT2D eigenvalue weighted by molar-refractivity contribution is 6.30. The van der Waals surface area contributed by atoms with E-state index in [0.717, 1.165) is 31.0 Å². The van der Waals surface area contributed by atoms with Gasteiger partial charge >= 0.3 is 0 Å². The van der Waals surface area contributed by atoms with Crippen molar-refractivity contribution < 1.29 is 4.84 Å². The molecule has 0 amide bonds. The Morgan fingerprint density at radius 3 is 2.44 bits per heavy atom. The van der Waals surface area contributed by atoms with Crippen molar-refractivity contribution in [1.82, 2.24) is 0 Å². The van der Waals surface area contributed by atoms with Crippen molar-refractivity contribution >= 4 is 17.3 Å². The molecule has 16 heavy (non-hydrogen) atoms. The molecule has 0 unspecified atom stereocenters. The molecule has 0 radical (unpaired) electrons. The third-order valence-corrected chi connectivity index (χ3v) is 3.39. The van der Waals surface area contributed by atoms with Crippen LogP contribution in [0.2, 0.25) is 5.02 Å². The van der Waals surface area contributed by atoms with Crippen LogP contribution in [0.15, 0.2) is 24.3 Å². The number of nitrogens with zero attached hydrogens (tertiary/aromatic N) is 1. The van der Waals surface area contributed by atoms with E-state index in [0.29, 0.717) is 12.5 Å². The van der Waals surface area contributed by atoms with Crippen LogP contribution in [-0.2, 0) is 4.84 Å². The zero-order chi connectivity index (χ0) is 11.4. The maximum atomic E-state index is 5.87. The average molecular weight is 241 g/mol. The monoisotopic (exact) mass is 240 g/mol. The van der Waals surface area contributed by atoms with Gasteiger partial charge in [0.1, 0.15) is 0 Å². The molecule has 1 heterocycles. The van der Waals surface area contributed by atoms with Crippen molar-refractivity contribution in [3.63, 3.8) is 0 Å². The second-order valence-corrected chi connectivity index (χ2v) is 4.68. The molecule has 3 nitrogen and oxygen atoms in total. The summed E-state index contributed by atoms with van der Waals surface area (Å²) in [5.41, 5.74) is 1.25. The quantitative estimate of drug-likeness (QED) is 0.825. The van der Waals surface area contributed by atoms with Crippen LogP contribution < -0.4 is 10.8 Å². The van der Waals surface area contributed by atoms with Crippen molar-refractivity contribution in [2.75, 3.05) is 24.6 Å². The Morgan fingerprint density at radius 1 is 1.25 bits per heavy atom. The SMILES string of the molecule is NOCC1CCN(c2ccc(Cl)cc2)CC1. The highest BCUT2D eigenvalue weighted by Crippen LogP contribution is 2.24. The summed E-state index contributed by atoms with van der Waals surface area (Å²) in [6, 6.07) is 8.02. The fraction of sp³-hybridized carbons (Fsp3) is 0.500. The Labute approximate surface area is 101 Å². The molecule has 1 aromatic carbocycles. The molecule has 1 fully saturated rings. The van der Waals surface area contributed by atoms with Crippen LogP contribution >= 0.6 is 11.6 Å². The molecule has 1 saturated heterocycles. The summed E-state index contributed by atoms with van der Waals surface area (Å²) in [5.74, 6) is 5.70. The second-order valence-electron chi connectivity index (χ2n) is 4.24. The molecule has 2 rings (SSSR count). The lowest BCUT2D eigenvalue weighted by atomic mass is 9.97. The van der Waals surface area contributed by atoms with E-state index in [-0.39, 0.29) is 0 Å².